The molecule has 0 aliphatic carbocycles. The molecule has 1 aliphatic heterocycles. The topological polar surface area (TPSA) is 29.3 Å². The van der Waals surface area contributed by atoms with E-state index in [2.05, 4.69) is 43.9 Å². The third-order valence-electron chi connectivity index (χ3n) is 3.17. The lowest BCUT2D eigenvalue weighted by Gasteiger charge is -2.27. The summed E-state index contributed by atoms with van der Waals surface area (Å²) in [6.07, 6.45) is 1.16. The summed E-state index contributed by atoms with van der Waals surface area (Å²) in [5.74, 6) is 0. The van der Waals surface area contributed by atoms with E-state index >= 15 is 0 Å². The van der Waals surface area contributed by atoms with E-state index < -0.39 is 0 Å². The second-order valence-electron chi connectivity index (χ2n) is 4.68. The molecule has 0 radical (unpaired) electrons. The van der Waals surface area contributed by atoms with Crippen LogP contribution in [0.5, 0.6) is 0 Å². The second kappa shape index (κ2) is 3.86. The Hall–Kier alpha value is -1.02. The van der Waals surface area contributed by atoms with Gasteiger partial charge in [-0.2, -0.15) is 0 Å². The van der Waals surface area contributed by atoms with E-state index in [-0.39, 0.29) is 6.04 Å². The summed E-state index contributed by atoms with van der Waals surface area (Å²) in [7, 11) is 0. The van der Waals surface area contributed by atoms with Gasteiger partial charge in [0.2, 0.25) is 0 Å². The number of nitrogens with zero attached hydrogens (tertiary/aromatic N) is 1. The van der Waals surface area contributed by atoms with Crippen LogP contribution in [-0.2, 0) is 6.42 Å². The van der Waals surface area contributed by atoms with Crippen LogP contribution in [0, 0.1) is 0 Å². The molecule has 1 unspecified atom stereocenters. The van der Waals surface area contributed by atoms with Gasteiger partial charge in [-0.05, 0) is 38.3 Å². The van der Waals surface area contributed by atoms with Crippen molar-refractivity contribution in [3.63, 3.8) is 0 Å². The molecule has 15 heavy (non-hydrogen) atoms. The molecule has 1 aliphatic rings. The third-order valence-corrected chi connectivity index (χ3v) is 3.17. The van der Waals surface area contributed by atoms with Gasteiger partial charge in [-0.1, -0.05) is 18.2 Å². The van der Waals surface area contributed by atoms with Crippen molar-refractivity contribution in [1.29, 1.82) is 0 Å². The fourth-order valence-corrected chi connectivity index (χ4v) is 2.40. The maximum Gasteiger partial charge on any atom is 0.0450 e. The maximum absolute atomic E-state index is 6.02. The maximum atomic E-state index is 6.02. The number of hydrogen-bond donors (Lipinski definition) is 1. The van der Waals surface area contributed by atoms with Gasteiger partial charge in [-0.25, -0.2) is 0 Å². The molecule has 2 N–H and O–H groups in total. The van der Waals surface area contributed by atoms with Crippen molar-refractivity contribution in [2.75, 3.05) is 11.4 Å². The average Bonchev–Trinajstić information content (AvgIpc) is 2.60. The van der Waals surface area contributed by atoms with Crippen molar-refractivity contribution in [2.24, 2.45) is 5.73 Å². The van der Waals surface area contributed by atoms with Gasteiger partial charge in [-0.15, -0.1) is 0 Å². The van der Waals surface area contributed by atoms with Crippen molar-refractivity contribution in [3.8, 4) is 0 Å². The molecule has 0 fully saturated rings. The molecule has 0 aromatic heterocycles. The second-order valence-corrected chi connectivity index (χ2v) is 4.68. The van der Waals surface area contributed by atoms with Crippen molar-refractivity contribution >= 4 is 5.69 Å². The van der Waals surface area contributed by atoms with E-state index in [0.717, 1.165) is 13.0 Å². The highest BCUT2D eigenvalue weighted by Crippen LogP contribution is 2.35. The lowest BCUT2D eigenvalue weighted by Crippen LogP contribution is -2.29. The van der Waals surface area contributed by atoms with Gasteiger partial charge in [0.25, 0.3) is 0 Å². The van der Waals surface area contributed by atoms with Crippen LogP contribution in [0.4, 0.5) is 5.69 Å². The van der Waals surface area contributed by atoms with E-state index in [4.69, 9.17) is 5.73 Å². The Labute approximate surface area is 92.1 Å². The van der Waals surface area contributed by atoms with Crippen LogP contribution in [0.1, 0.15) is 37.9 Å². The fourth-order valence-electron chi connectivity index (χ4n) is 2.40. The number of rotatable bonds is 2. The molecule has 0 saturated heterocycles. The van der Waals surface area contributed by atoms with Crippen molar-refractivity contribution in [2.45, 2.75) is 39.3 Å². The SMILES string of the molecule is CC(N)c1cccc2c1N(C(C)C)CC2. The quantitative estimate of drug-likeness (QED) is 0.802. The molecule has 2 rings (SSSR count). The molecule has 2 heteroatoms. The fraction of sp³-hybridized carbons (Fsp3) is 0.538. The average molecular weight is 204 g/mol. The summed E-state index contributed by atoms with van der Waals surface area (Å²) >= 11 is 0. The van der Waals surface area contributed by atoms with E-state index in [1.165, 1.54) is 16.8 Å². The van der Waals surface area contributed by atoms with Gasteiger partial charge in [0.15, 0.2) is 0 Å². The first-order valence-electron chi connectivity index (χ1n) is 5.75. The molecule has 1 heterocycles. The largest absolute Gasteiger partial charge is 0.368 e. The molecule has 1 aromatic carbocycles. The molecular weight excluding hydrogens is 184 g/mol. The van der Waals surface area contributed by atoms with Crippen molar-refractivity contribution in [3.05, 3.63) is 29.3 Å². The first kappa shape index (κ1) is 10.5. The Bertz CT molecular complexity index is 356. The van der Waals surface area contributed by atoms with Crippen LogP contribution in [0.25, 0.3) is 0 Å². The minimum absolute atomic E-state index is 0.124. The smallest absolute Gasteiger partial charge is 0.0450 e. The first-order valence-corrected chi connectivity index (χ1v) is 5.75. The molecule has 0 saturated carbocycles. The lowest BCUT2D eigenvalue weighted by molar-refractivity contribution is 0.700. The van der Waals surface area contributed by atoms with E-state index in [1.54, 1.807) is 0 Å². The lowest BCUT2D eigenvalue weighted by atomic mass is 10.0. The van der Waals surface area contributed by atoms with Crippen LogP contribution >= 0.6 is 0 Å². The summed E-state index contributed by atoms with van der Waals surface area (Å²) in [4.78, 5) is 2.47. The van der Waals surface area contributed by atoms with E-state index in [9.17, 15) is 0 Å². The summed E-state index contributed by atoms with van der Waals surface area (Å²) in [5.41, 5.74) is 10.2. The van der Waals surface area contributed by atoms with Gasteiger partial charge >= 0.3 is 0 Å². The van der Waals surface area contributed by atoms with Gasteiger partial charge in [0, 0.05) is 24.3 Å². The normalized spacial score (nSPS) is 17.0. The zero-order valence-electron chi connectivity index (χ0n) is 9.83. The predicted octanol–water partition coefficient (Wildman–Crippen LogP) is 2.48. The third kappa shape index (κ3) is 1.74. The number of para-hydroxylation sites is 1. The highest BCUT2D eigenvalue weighted by Gasteiger charge is 2.24. The van der Waals surface area contributed by atoms with Crippen molar-refractivity contribution in [1.82, 2.24) is 0 Å². The first-order chi connectivity index (χ1) is 7.11. The summed E-state index contributed by atoms with van der Waals surface area (Å²) in [6, 6.07) is 7.19. The molecule has 1 atom stereocenters. The minimum atomic E-state index is 0.124. The molecule has 1 aromatic rings. The van der Waals surface area contributed by atoms with Crippen molar-refractivity contribution < 1.29 is 0 Å². The Morgan fingerprint density at radius 1 is 1.27 bits per heavy atom. The van der Waals surface area contributed by atoms with E-state index in [1.807, 2.05) is 0 Å². The number of benzene rings is 1. The zero-order valence-corrected chi connectivity index (χ0v) is 9.83. The van der Waals surface area contributed by atoms with Crippen LogP contribution < -0.4 is 10.6 Å². The van der Waals surface area contributed by atoms with Gasteiger partial charge < -0.3 is 10.6 Å². The zero-order chi connectivity index (χ0) is 11.0. The minimum Gasteiger partial charge on any atom is -0.368 e. The van der Waals surface area contributed by atoms with Gasteiger partial charge in [0.1, 0.15) is 0 Å². The molecule has 2 nitrogen and oxygen atoms in total. The highest BCUT2D eigenvalue weighted by molar-refractivity contribution is 5.64. The molecule has 0 amide bonds. The Kier molecular flexibility index (Phi) is 2.70. The molecular formula is C13H20N2. The Balaban J connectivity index is 2.48. The van der Waals surface area contributed by atoms with Gasteiger partial charge in [0.05, 0.1) is 0 Å². The van der Waals surface area contributed by atoms with Crippen LogP contribution in [0.15, 0.2) is 18.2 Å². The number of anilines is 1. The summed E-state index contributed by atoms with van der Waals surface area (Å²) in [6.45, 7) is 7.68. The predicted molar refractivity (Wildman–Crippen MR) is 65.2 cm³/mol. The molecule has 0 bridgehead atoms. The van der Waals surface area contributed by atoms with E-state index in [0.29, 0.717) is 6.04 Å². The summed E-state index contributed by atoms with van der Waals surface area (Å²) < 4.78 is 0. The van der Waals surface area contributed by atoms with Gasteiger partial charge in [-0.3, -0.25) is 0 Å². The number of nitrogens with two attached hydrogens (primary N) is 1. The van der Waals surface area contributed by atoms with Crippen LogP contribution in [0.2, 0.25) is 0 Å². The highest BCUT2D eigenvalue weighted by atomic mass is 15.2. The number of fused-ring (bicyclic) bond motifs is 1. The van der Waals surface area contributed by atoms with Crippen LogP contribution in [-0.4, -0.2) is 12.6 Å². The standard InChI is InChI=1S/C13H20N2/c1-9(2)15-8-7-11-5-4-6-12(10(3)14)13(11)15/h4-6,9-10H,7-8,14H2,1-3H3. The monoisotopic (exact) mass is 204 g/mol. The molecule has 0 spiro atoms. The van der Waals surface area contributed by atoms with Crippen LogP contribution in [0.3, 0.4) is 0 Å². The number of hydrogen-bond acceptors (Lipinski definition) is 2. The Morgan fingerprint density at radius 2 is 2.00 bits per heavy atom. The molecule has 82 valence electrons. The Morgan fingerprint density at radius 3 is 2.60 bits per heavy atom. The summed E-state index contributed by atoms with van der Waals surface area (Å²) in [5, 5.41) is 0.